The molecule has 0 fully saturated rings. The molecule has 0 N–H and O–H groups in total. The summed E-state index contributed by atoms with van der Waals surface area (Å²) in [6, 6.07) is 8.15. The van der Waals surface area contributed by atoms with Crippen LogP contribution in [0.5, 0.6) is 0 Å². The fourth-order valence-corrected chi connectivity index (χ4v) is 0.733. The highest BCUT2D eigenvalue weighted by atomic mass is 19.1. The maximum atomic E-state index is 11.9. The monoisotopic (exact) mass is 123 g/mol. The molecule has 0 aliphatic heterocycles. The molecule has 0 atom stereocenters. The van der Waals surface area contributed by atoms with Crippen LogP contribution in [0.1, 0.15) is 11.1 Å². The van der Waals surface area contributed by atoms with Gasteiger partial charge in [0.2, 0.25) is 0 Å². The summed E-state index contributed by atoms with van der Waals surface area (Å²) in [4.78, 5) is 0. The van der Waals surface area contributed by atoms with Crippen molar-refractivity contribution < 1.29 is 4.39 Å². The van der Waals surface area contributed by atoms with E-state index in [1.807, 2.05) is 19.1 Å². The minimum atomic E-state index is -0.391. The van der Waals surface area contributed by atoms with E-state index < -0.39 is 6.67 Å². The molecule has 0 nitrogen and oxygen atoms in total. The highest BCUT2D eigenvalue weighted by molar-refractivity contribution is 5.20. The summed E-state index contributed by atoms with van der Waals surface area (Å²) >= 11 is 0. The summed E-state index contributed by atoms with van der Waals surface area (Å²) in [5, 5.41) is 0. The van der Waals surface area contributed by atoms with Crippen LogP contribution in [0, 0.1) is 13.0 Å². The molecule has 0 bridgehead atoms. The van der Waals surface area contributed by atoms with E-state index in [-0.39, 0.29) is 0 Å². The maximum Gasteiger partial charge on any atom is 0.115 e. The lowest BCUT2D eigenvalue weighted by atomic mass is 10.2. The van der Waals surface area contributed by atoms with Gasteiger partial charge in [-0.15, -0.1) is 0 Å². The molecule has 1 heteroatoms. The van der Waals surface area contributed by atoms with Crippen LogP contribution in [0.3, 0.4) is 0 Å². The zero-order valence-corrected chi connectivity index (χ0v) is 5.32. The van der Waals surface area contributed by atoms with Crippen LogP contribution in [0.25, 0.3) is 0 Å². The Labute approximate surface area is 54.3 Å². The molecule has 0 aliphatic rings. The van der Waals surface area contributed by atoms with Crippen LogP contribution in [0.2, 0.25) is 0 Å². The van der Waals surface area contributed by atoms with Gasteiger partial charge in [0.1, 0.15) is 6.67 Å². The van der Waals surface area contributed by atoms with E-state index in [1.165, 1.54) is 0 Å². The third kappa shape index (κ3) is 1.53. The van der Waals surface area contributed by atoms with Gasteiger partial charge in [0, 0.05) is 0 Å². The first-order valence-electron chi connectivity index (χ1n) is 2.85. The fourth-order valence-electron chi connectivity index (χ4n) is 0.733. The Morgan fingerprint density at radius 1 is 1.56 bits per heavy atom. The van der Waals surface area contributed by atoms with Crippen molar-refractivity contribution in [2.75, 3.05) is 0 Å². The Morgan fingerprint density at radius 2 is 2.33 bits per heavy atom. The molecular weight excluding hydrogens is 115 g/mol. The van der Waals surface area contributed by atoms with Crippen molar-refractivity contribution in [2.45, 2.75) is 13.6 Å². The first-order valence-corrected chi connectivity index (χ1v) is 2.85. The van der Waals surface area contributed by atoms with E-state index in [4.69, 9.17) is 0 Å². The lowest BCUT2D eigenvalue weighted by molar-refractivity contribution is 0.485. The number of alkyl halides is 1. The number of rotatable bonds is 1. The Kier molecular flexibility index (Phi) is 1.83. The van der Waals surface area contributed by atoms with Crippen molar-refractivity contribution in [1.82, 2.24) is 0 Å². The minimum absolute atomic E-state index is 0.391. The van der Waals surface area contributed by atoms with E-state index in [1.54, 1.807) is 6.07 Å². The van der Waals surface area contributed by atoms with Gasteiger partial charge in [-0.1, -0.05) is 17.7 Å². The van der Waals surface area contributed by atoms with Gasteiger partial charge in [-0.3, -0.25) is 0 Å². The Morgan fingerprint density at radius 3 is 2.78 bits per heavy atom. The van der Waals surface area contributed by atoms with Gasteiger partial charge in [0.25, 0.3) is 0 Å². The Balaban J connectivity index is 2.94. The van der Waals surface area contributed by atoms with Gasteiger partial charge < -0.3 is 0 Å². The summed E-state index contributed by atoms with van der Waals surface area (Å²) in [7, 11) is 0. The van der Waals surface area contributed by atoms with E-state index in [0.717, 1.165) is 5.56 Å². The summed E-state index contributed by atoms with van der Waals surface area (Å²) in [6.07, 6.45) is 0. The largest absolute Gasteiger partial charge is 0.246 e. The molecule has 1 aromatic rings. The van der Waals surface area contributed by atoms with E-state index >= 15 is 0 Å². The molecule has 0 aliphatic carbocycles. The van der Waals surface area contributed by atoms with E-state index in [0.29, 0.717) is 5.56 Å². The van der Waals surface area contributed by atoms with Gasteiger partial charge in [0.05, 0.1) is 0 Å². The van der Waals surface area contributed by atoms with Gasteiger partial charge in [0.15, 0.2) is 0 Å². The lowest BCUT2D eigenvalue weighted by Gasteiger charge is -1.93. The first kappa shape index (κ1) is 6.27. The lowest BCUT2D eigenvalue weighted by Crippen LogP contribution is -1.78. The van der Waals surface area contributed by atoms with E-state index in [9.17, 15) is 4.39 Å². The zero-order chi connectivity index (χ0) is 6.69. The molecule has 0 heterocycles. The van der Waals surface area contributed by atoms with Crippen LogP contribution >= 0.6 is 0 Å². The second kappa shape index (κ2) is 2.62. The van der Waals surface area contributed by atoms with Crippen LogP contribution in [-0.4, -0.2) is 0 Å². The van der Waals surface area contributed by atoms with Crippen LogP contribution in [-0.2, 0) is 6.67 Å². The molecule has 0 spiro atoms. The molecule has 1 radical (unpaired) electrons. The highest BCUT2D eigenvalue weighted by Crippen LogP contribution is 2.03. The Bertz CT molecular complexity index is 194. The molecule has 0 amide bonds. The standard InChI is InChI=1S/C8H8F/c1-7-3-2-4-8(5-7)6-9/h3-5H,6H2,1H3. The summed E-state index contributed by atoms with van der Waals surface area (Å²) < 4.78 is 11.9. The molecule has 0 aromatic heterocycles. The average molecular weight is 123 g/mol. The third-order valence-corrected chi connectivity index (χ3v) is 1.15. The number of aryl methyl sites for hydroxylation is 1. The Hall–Kier alpha value is -0.850. The second-order valence-corrected chi connectivity index (χ2v) is 2.05. The normalized spacial score (nSPS) is 9.56. The van der Waals surface area contributed by atoms with Crippen molar-refractivity contribution >= 4 is 0 Å². The number of benzene rings is 1. The molecule has 1 rings (SSSR count). The second-order valence-electron chi connectivity index (χ2n) is 2.05. The van der Waals surface area contributed by atoms with Crippen molar-refractivity contribution in [3.05, 3.63) is 35.4 Å². The molecular formula is C8H8F. The SMILES string of the molecule is Cc1c[c]cc(CF)c1. The maximum absolute atomic E-state index is 11.9. The molecule has 1 aromatic carbocycles. The molecule has 0 unspecified atom stereocenters. The molecule has 9 heavy (non-hydrogen) atoms. The minimum Gasteiger partial charge on any atom is -0.246 e. The average Bonchev–Trinajstić information content (AvgIpc) is 1.88. The van der Waals surface area contributed by atoms with Crippen LogP contribution in [0.4, 0.5) is 4.39 Å². The highest BCUT2D eigenvalue weighted by Gasteiger charge is 1.88. The topological polar surface area (TPSA) is 0 Å². The predicted molar refractivity (Wildman–Crippen MR) is 34.8 cm³/mol. The number of hydrogen-bond donors (Lipinski definition) is 0. The predicted octanol–water partition coefficient (Wildman–Crippen LogP) is 2.26. The smallest absolute Gasteiger partial charge is 0.115 e. The first-order chi connectivity index (χ1) is 4.33. The van der Waals surface area contributed by atoms with Crippen LogP contribution in [0.15, 0.2) is 18.2 Å². The summed E-state index contributed by atoms with van der Waals surface area (Å²) in [5.41, 5.74) is 1.76. The van der Waals surface area contributed by atoms with E-state index in [2.05, 4.69) is 6.07 Å². The van der Waals surface area contributed by atoms with Gasteiger partial charge in [-0.05, 0) is 24.6 Å². The van der Waals surface area contributed by atoms with Crippen molar-refractivity contribution in [3.8, 4) is 0 Å². The van der Waals surface area contributed by atoms with Crippen molar-refractivity contribution in [1.29, 1.82) is 0 Å². The molecule has 0 saturated carbocycles. The van der Waals surface area contributed by atoms with Gasteiger partial charge >= 0.3 is 0 Å². The quantitative estimate of drug-likeness (QED) is 0.537. The summed E-state index contributed by atoms with van der Waals surface area (Å²) in [5.74, 6) is 0. The summed E-state index contributed by atoms with van der Waals surface area (Å²) in [6.45, 7) is 1.54. The van der Waals surface area contributed by atoms with Crippen molar-refractivity contribution in [3.63, 3.8) is 0 Å². The van der Waals surface area contributed by atoms with Gasteiger partial charge in [-0.25, -0.2) is 4.39 Å². The fraction of sp³-hybridized carbons (Fsp3) is 0.250. The molecule has 0 saturated heterocycles. The van der Waals surface area contributed by atoms with Crippen molar-refractivity contribution in [2.24, 2.45) is 0 Å². The zero-order valence-electron chi connectivity index (χ0n) is 5.32. The van der Waals surface area contributed by atoms with Gasteiger partial charge in [-0.2, -0.15) is 0 Å². The number of hydrogen-bond acceptors (Lipinski definition) is 0. The third-order valence-electron chi connectivity index (χ3n) is 1.15. The number of halogens is 1. The molecule has 47 valence electrons. The van der Waals surface area contributed by atoms with Crippen LogP contribution < -0.4 is 0 Å².